The molecule has 3 aromatic rings. The summed E-state index contributed by atoms with van der Waals surface area (Å²) in [6.45, 7) is 2.61. The van der Waals surface area contributed by atoms with Crippen LogP contribution in [0.1, 0.15) is 30.1 Å². The highest BCUT2D eigenvalue weighted by molar-refractivity contribution is 9.10. The molecule has 1 fully saturated rings. The maximum atomic E-state index is 13.4. The third-order valence-electron chi connectivity index (χ3n) is 5.17. The zero-order valence-electron chi connectivity index (χ0n) is 16.3. The molecule has 1 aliphatic rings. The summed E-state index contributed by atoms with van der Waals surface area (Å²) in [5.41, 5.74) is 1.06. The fourth-order valence-electron chi connectivity index (χ4n) is 3.61. The predicted octanol–water partition coefficient (Wildman–Crippen LogP) is 4.51. The molecule has 8 heteroatoms. The van der Waals surface area contributed by atoms with Gasteiger partial charge in [0.05, 0.1) is 24.0 Å². The van der Waals surface area contributed by atoms with Gasteiger partial charge in [-0.3, -0.25) is 4.79 Å². The molecule has 1 saturated heterocycles. The molecular formula is C22H20BrFN4O2. The summed E-state index contributed by atoms with van der Waals surface area (Å²) < 4.78 is 20.2. The van der Waals surface area contributed by atoms with E-state index in [9.17, 15) is 9.18 Å². The van der Waals surface area contributed by atoms with Crippen molar-refractivity contribution in [1.29, 1.82) is 0 Å². The molecule has 4 rings (SSSR count). The first-order valence-corrected chi connectivity index (χ1v) is 10.5. The zero-order chi connectivity index (χ0) is 21.1. The molecule has 2 aromatic heterocycles. The van der Waals surface area contributed by atoms with Crippen molar-refractivity contribution in [1.82, 2.24) is 19.9 Å². The number of ether oxygens (including phenoxy) is 1. The van der Waals surface area contributed by atoms with Gasteiger partial charge in [0.2, 0.25) is 5.88 Å². The number of hydrogen-bond acceptors (Lipinski definition) is 5. The minimum absolute atomic E-state index is 0.122. The number of piperidine rings is 1. The molecule has 6 nitrogen and oxygen atoms in total. The van der Waals surface area contributed by atoms with E-state index < -0.39 is 5.82 Å². The molecule has 30 heavy (non-hydrogen) atoms. The molecule has 154 valence electrons. The summed E-state index contributed by atoms with van der Waals surface area (Å²) in [6, 6.07) is 10.7. The van der Waals surface area contributed by atoms with E-state index in [1.54, 1.807) is 30.5 Å². The second kappa shape index (κ2) is 8.87. The summed E-state index contributed by atoms with van der Waals surface area (Å²) in [6.07, 6.45) is 5.39. The molecule has 2 unspecified atom stereocenters. The number of benzene rings is 1. The van der Waals surface area contributed by atoms with Crippen molar-refractivity contribution in [3.05, 3.63) is 70.8 Å². The molecule has 0 aliphatic carbocycles. The van der Waals surface area contributed by atoms with E-state index in [4.69, 9.17) is 4.74 Å². The lowest BCUT2D eigenvalue weighted by Crippen LogP contribution is -2.51. The Bertz CT molecular complexity index is 1030. The molecule has 3 heterocycles. The second-order valence-corrected chi connectivity index (χ2v) is 8.04. The van der Waals surface area contributed by atoms with Crippen LogP contribution in [0.25, 0.3) is 11.4 Å². The third kappa shape index (κ3) is 4.33. The number of carbonyl (C=O) groups excluding carboxylic acids is 1. The molecule has 0 N–H and O–H groups in total. The van der Waals surface area contributed by atoms with Gasteiger partial charge in [-0.15, -0.1) is 0 Å². The van der Waals surface area contributed by atoms with Crippen molar-refractivity contribution in [3.63, 3.8) is 0 Å². The Kier molecular flexibility index (Phi) is 6.03. The van der Waals surface area contributed by atoms with E-state index in [0.29, 0.717) is 29.4 Å². The van der Waals surface area contributed by atoms with Crippen LogP contribution in [0.3, 0.4) is 0 Å². The predicted molar refractivity (Wildman–Crippen MR) is 114 cm³/mol. The normalized spacial score (nSPS) is 18.8. The number of nitrogens with zero attached hydrogens (tertiary/aromatic N) is 4. The van der Waals surface area contributed by atoms with Crippen LogP contribution in [-0.4, -0.2) is 44.4 Å². The van der Waals surface area contributed by atoms with Crippen LogP contribution < -0.4 is 4.74 Å². The monoisotopic (exact) mass is 470 g/mol. The van der Waals surface area contributed by atoms with Gasteiger partial charge in [0.15, 0.2) is 11.6 Å². The number of carbonyl (C=O) groups is 1. The summed E-state index contributed by atoms with van der Waals surface area (Å²) >= 11 is 3.36. The number of likely N-dealkylation sites (tertiary alicyclic amines) is 1. The maximum Gasteiger partial charge on any atom is 0.254 e. The average Bonchev–Trinajstić information content (AvgIpc) is 2.77. The van der Waals surface area contributed by atoms with E-state index in [2.05, 4.69) is 30.9 Å². The SMILES string of the molecule is CC1C(Oc2ccc(Br)cn2)CCCN1C(=O)c1ccccc1-c1ncc(F)cn1. The highest BCUT2D eigenvalue weighted by Gasteiger charge is 2.34. The smallest absolute Gasteiger partial charge is 0.254 e. The number of pyridine rings is 1. The fraction of sp³-hybridized carbons (Fsp3) is 0.273. The molecule has 0 radical (unpaired) electrons. The number of aromatic nitrogens is 3. The minimum Gasteiger partial charge on any atom is -0.472 e. The quantitative estimate of drug-likeness (QED) is 0.560. The number of amides is 1. The van der Waals surface area contributed by atoms with Crippen LogP contribution in [-0.2, 0) is 0 Å². The van der Waals surface area contributed by atoms with E-state index >= 15 is 0 Å². The van der Waals surface area contributed by atoms with Crippen LogP contribution in [0.4, 0.5) is 4.39 Å². The first-order valence-electron chi connectivity index (χ1n) is 9.69. The van der Waals surface area contributed by atoms with E-state index in [-0.39, 0.29) is 18.1 Å². The van der Waals surface area contributed by atoms with Crippen molar-refractivity contribution < 1.29 is 13.9 Å². The van der Waals surface area contributed by atoms with E-state index in [1.165, 1.54) is 0 Å². The van der Waals surface area contributed by atoms with E-state index in [0.717, 1.165) is 29.7 Å². The Balaban J connectivity index is 1.57. The van der Waals surface area contributed by atoms with Gasteiger partial charge in [-0.1, -0.05) is 18.2 Å². The minimum atomic E-state index is -0.520. The molecular weight excluding hydrogens is 451 g/mol. The number of rotatable bonds is 4. The Labute approximate surface area is 182 Å². The number of halogens is 2. The Morgan fingerprint density at radius 3 is 2.63 bits per heavy atom. The number of hydrogen-bond donors (Lipinski definition) is 0. The molecule has 1 aromatic carbocycles. The molecule has 1 amide bonds. The second-order valence-electron chi connectivity index (χ2n) is 7.12. The Hall–Kier alpha value is -2.87. The molecule has 0 bridgehead atoms. The first kappa shape index (κ1) is 20.4. The maximum absolute atomic E-state index is 13.4. The van der Waals surface area contributed by atoms with Crippen LogP contribution in [0.2, 0.25) is 0 Å². The van der Waals surface area contributed by atoms with Gasteiger partial charge < -0.3 is 9.64 Å². The molecule has 0 saturated carbocycles. The topological polar surface area (TPSA) is 68.2 Å². The van der Waals surface area contributed by atoms with Crippen molar-refractivity contribution >= 4 is 21.8 Å². The van der Waals surface area contributed by atoms with Crippen molar-refractivity contribution in [2.45, 2.75) is 31.9 Å². The molecule has 1 aliphatic heterocycles. The van der Waals surface area contributed by atoms with Crippen molar-refractivity contribution in [3.8, 4) is 17.3 Å². The van der Waals surface area contributed by atoms with Crippen LogP contribution in [0.5, 0.6) is 5.88 Å². The molecule has 0 spiro atoms. The highest BCUT2D eigenvalue weighted by atomic mass is 79.9. The lowest BCUT2D eigenvalue weighted by molar-refractivity contribution is 0.0267. The summed E-state index contributed by atoms with van der Waals surface area (Å²) in [7, 11) is 0. The highest BCUT2D eigenvalue weighted by Crippen LogP contribution is 2.27. The van der Waals surface area contributed by atoms with Crippen LogP contribution in [0.15, 0.2) is 59.5 Å². The molecule has 2 atom stereocenters. The summed E-state index contributed by atoms with van der Waals surface area (Å²) in [4.78, 5) is 27.6. The fourth-order valence-corrected chi connectivity index (χ4v) is 3.84. The zero-order valence-corrected chi connectivity index (χ0v) is 17.9. The van der Waals surface area contributed by atoms with E-state index in [1.807, 2.05) is 24.0 Å². The summed E-state index contributed by atoms with van der Waals surface area (Å²) in [5, 5.41) is 0. The standard InChI is InChI=1S/C22H20BrFN4O2/c1-14-19(30-20-9-8-15(23)11-25-20)7-4-10-28(14)22(29)18-6-3-2-5-17(18)21-26-12-16(24)13-27-21/h2-3,5-6,8-9,11-14,19H,4,7,10H2,1H3. The van der Waals surface area contributed by atoms with Gasteiger partial charge >= 0.3 is 0 Å². The van der Waals surface area contributed by atoms with Crippen molar-refractivity contribution in [2.24, 2.45) is 0 Å². The van der Waals surface area contributed by atoms with Gasteiger partial charge in [-0.2, -0.15) is 0 Å². The van der Waals surface area contributed by atoms with Gasteiger partial charge in [0, 0.05) is 28.8 Å². The van der Waals surface area contributed by atoms with Gasteiger partial charge in [0.25, 0.3) is 5.91 Å². The lowest BCUT2D eigenvalue weighted by Gasteiger charge is -2.39. The van der Waals surface area contributed by atoms with Gasteiger partial charge in [-0.25, -0.2) is 19.3 Å². The Morgan fingerprint density at radius 2 is 1.90 bits per heavy atom. The first-order chi connectivity index (χ1) is 14.5. The summed E-state index contributed by atoms with van der Waals surface area (Å²) in [5.74, 6) is 0.207. The average molecular weight is 471 g/mol. The van der Waals surface area contributed by atoms with Crippen LogP contribution in [0, 0.1) is 5.82 Å². The third-order valence-corrected chi connectivity index (χ3v) is 5.64. The van der Waals surface area contributed by atoms with Gasteiger partial charge in [0.1, 0.15) is 6.10 Å². The van der Waals surface area contributed by atoms with Gasteiger partial charge in [-0.05, 0) is 47.8 Å². The van der Waals surface area contributed by atoms with Crippen molar-refractivity contribution in [2.75, 3.05) is 6.54 Å². The van der Waals surface area contributed by atoms with Crippen LogP contribution >= 0.6 is 15.9 Å². The lowest BCUT2D eigenvalue weighted by atomic mass is 9.97. The largest absolute Gasteiger partial charge is 0.472 e. The Morgan fingerprint density at radius 1 is 1.13 bits per heavy atom.